The van der Waals surface area contributed by atoms with Crippen molar-refractivity contribution in [2.24, 2.45) is 0 Å². The van der Waals surface area contributed by atoms with Crippen molar-refractivity contribution in [2.45, 2.75) is 19.1 Å². The highest BCUT2D eigenvalue weighted by atomic mass is 35.5. The first-order valence-corrected chi connectivity index (χ1v) is 8.27. The summed E-state index contributed by atoms with van der Waals surface area (Å²) in [7, 11) is 0. The summed E-state index contributed by atoms with van der Waals surface area (Å²) < 4.78 is 41.8. The van der Waals surface area contributed by atoms with Gasteiger partial charge in [-0.15, -0.1) is 0 Å². The molecule has 0 N–H and O–H groups in total. The van der Waals surface area contributed by atoms with Crippen LogP contribution in [0, 0.1) is 11.3 Å². The summed E-state index contributed by atoms with van der Waals surface area (Å²) >= 11 is 17.9. The summed E-state index contributed by atoms with van der Waals surface area (Å²) in [6, 6.07) is 5.46. The van der Waals surface area contributed by atoms with E-state index in [9.17, 15) is 18.4 Å². The molecule has 0 bridgehead atoms. The number of rotatable bonds is 2. The van der Waals surface area contributed by atoms with Crippen LogP contribution in [0.4, 0.5) is 13.2 Å². The molecule has 26 heavy (non-hydrogen) atoms. The van der Waals surface area contributed by atoms with Gasteiger partial charge in [-0.05, 0) is 24.6 Å². The van der Waals surface area contributed by atoms with E-state index in [1.165, 1.54) is 6.07 Å². The van der Waals surface area contributed by atoms with Gasteiger partial charge >= 0.3 is 6.18 Å². The first-order chi connectivity index (χ1) is 12.1. The number of hydrogen-bond acceptors (Lipinski definition) is 3. The lowest BCUT2D eigenvalue weighted by Crippen LogP contribution is -2.13. The molecule has 3 rings (SSSR count). The standard InChI is InChI=1S/C16H8Cl3F3N4/c1-7(9-3-2-8(17)4-10(9)18)26-11(5-23)13(16(20,21)22)14-15(26)25-12(19)6-24-14/h2-4,6-7H,1H3/t7-/m1/s1. The third-order valence-corrected chi connectivity index (χ3v) is 4.60. The summed E-state index contributed by atoms with van der Waals surface area (Å²) in [4.78, 5) is 7.71. The van der Waals surface area contributed by atoms with Crippen LogP contribution in [0.1, 0.15) is 29.8 Å². The van der Waals surface area contributed by atoms with E-state index in [2.05, 4.69) is 9.97 Å². The summed E-state index contributed by atoms with van der Waals surface area (Å²) in [5, 5.41) is 9.96. The van der Waals surface area contributed by atoms with Gasteiger partial charge in [0.05, 0.1) is 12.2 Å². The second-order valence-electron chi connectivity index (χ2n) is 5.41. The number of nitrogens with zero attached hydrogens (tertiary/aromatic N) is 4. The number of hydrogen-bond donors (Lipinski definition) is 0. The van der Waals surface area contributed by atoms with Crippen LogP contribution < -0.4 is 0 Å². The zero-order chi connectivity index (χ0) is 19.2. The van der Waals surface area contributed by atoms with Crippen molar-refractivity contribution in [3.05, 3.63) is 56.4 Å². The molecule has 1 aromatic carbocycles. The van der Waals surface area contributed by atoms with E-state index in [1.807, 2.05) is 0 Å². The Morgan fingerprint density at radius 1 is 1.23 bits per heavy atom. The van der Waals surface area contributed by atoms with Crippen LogP contribution >= 0.6 is 34.8 Å². The van der Waals surface area contributed by atoms with Gasteiger partial charge in [0.25, 0.3) is 0 Å². The average Bonchev–Trinajstić information content (AvgIpc) is 2.87. The van der Waals surface area contributed by atoms with E-state index in [0.29, 0.717) is 10.6 Å². The Hall–Kier alpha value is -2.01. The lowest BCUT2D eigenvalue weighted by molar-refractivity contribution is -0.136. The fraction of sp³-hybridized carbons (Fsp3) is 0.188. The number of nitriles is 1. The number of benzene rings is 1. The van der Waals surface area contributed by atoms with Crippen LogP contribution in [-0.2, 0) is 6.18 Å². The highest BCUT2D eigenvalue weighted by Gasteiger charge is 2.41. The first kappa shape index (κ1) is 18.8. The third-order valence-electron chi connectivity index (χ3n) is 3.86. The van der Waals surface area contributed by atoms with Gasteiger partial charge in [-0.2, -0.15) is 18.4 Å². The summed E-state index contributed by atoms with van der Waals surface area (Å²) in [6.45, 7) is 1.60. The summed E-state index contributed by atoms with van der Waals surface area (Å²) in [5.41, 5.74) is -1.90. The molecule has 0 saturated heterocycles. The molecule has 0 radical (unpaired) electrons. The van der Waals surface area contributed by atoms with Gasteiger partial charge in [0.1, 0.15) is 28.0 Å². The van der Waals surface area contributed by atoms with E-state index >= 15 is 0 Å². The molecule has 0 spiro atoms. The zero-order valence-electron chi connectivity index (χ0n) is 12.9. The Labute approximate surface area is 160 Å². The summed E-state index contributed by atoms with van der Waals surface area (Å²) in [6.07, 6.45) is -3.79. The van der Waals surface area contributed by atoms with E-state index in [1.54, 1.807) is 25.1 Å². The molecule has 0 unspecified atom stereocenters. The molecule has 134 valence electrons. The third kappa shape index (κ3) is 3.09. The Morgan fingerprint density at radius 3 is 2.50 bits per heavy atom. The minimum Gasteiger partial charge on any atom is -0.308 e. The molecule has 0 aliphatic carbocycles. The lowest BCUT2D eigenvalue weighted by Gasteiger charge is -2.18. The highest BCUT2D eigenvalue weighted by molar-refractivity contribution is 6.35. The Kier molecular flexibility index (Phi) is 4.78. The predicted molar refractivity (Wildman–Crippen MR) is 92.5 cm³/mol. The van der Waals surface area contributed by atoms with E-state index in [-0.39, 0.29) is 15.8 Å². The molecule has 0 fully saturated rings. The second-order valence-corrected chi connectivity index (χ2v) is 6.64. The maximum Gasteiger partial charge on any atom is 0.421 e. The molecule has 0 aliphatic rings. The minimum atomic E-state index is -4.79. The number of aromatic nitrogens is 3. The molecular formula is C16H8Cl3F3N4. The van der Waals surface area contributed by atoms with Crippen molar-refractivity contribution in [1.29, 1.82) is 5.26 Å². The maximum atomic E-state index is 13.6. The van der Waals surface area contributed by atoms with Gasteiger partial charge in [0, 0.05) is 10.0 Å². The van der Waals surface area contributed by atoms with E-state index in [0.717, 1.165) is 10.8 Å². The Bertz CT molecular complexity index is 1050. The van der Waals surface area contributed by atoms with Gasteiger partial charge in [-0.25, -0.2) is 9.97 Å². The second kappa shape index (κ2) is 6.62. The smallest absolute Gasteiger partial charge is 0.308 e. The van der Waals surface area contributed by atoms with E-state index < -0.39 is 29.0 Å². The summed E-state index contributed by atoms with van der Waals surface area (Å²) in [5.74, 6) is 0. The first-order valence-electron chi connectivity index (χ1n) is 7.13. The molecule has 0 aliphatic heterocycles. The number of alkyl halides is 3. The molecule has 0 amide bonds. The molecular weight excluding hydrogens is 412 g/mol. The van der Waals surface area contributed by atoms with Crippen molar-refractivity contribution in [2.75, 3.05) is 0 Å². The molecule has 2 aromatic heterocycles. The van der Waals surface area contributed by atoms with Crippen LogP contribution in [0.3, 0.4) is 0 Å². The van der Waals surface area contributed by atoms with Gasteiger partial charge in [0.2, 0.25) is 0 Å². The van der Waals surface area contributed by atoms with Crippen molar-refractivity contribution in [1.82, 2.24) is 14.5 Å². The van der Waals surface area contributed by atoms with Gasteiger partial charge < -0.3 is 4.57 Å². The van der Waals surface area contributed by atoms with Crippen LogP contribution in [-0.4, -0.2) is 14.5 Å². The van der Waals surface area contributed by atoms with Crippen LogP contribution in [0.5, 0.6) is 0 Å². The Morgan fingerprint density at radius 2 is 1.92 bits per heavy atom. The fourth-order valence-corrected chi connectivity index (χ4v) is 3.47. The molecule has 3 aromatic rings. The number of halogens is 6. The highest BCUT2D eigenvalue weighted by Crippen LogP contribution is 2.41. The maximum absolute atomic E-state index is 13.6. The average molecular weight is 420 g/mol. The quantitative estimate of drug-likeness (QED) is 0.520. The SMILES string of the molecule is C[C@H](c1ccc(Cl)cc1Cl)n1c(C#N)c(C(F)(F)F)c2ncc(Cl)nc21. The van der Waals surface area contributed by atoms with Gasteiger partial charge in [-0.1, -0.05) is 40.9 Å². The fourth-order valence-electron chi connectivity index (χ4n) is 2.78. The van der Waals surface area contributed by atoms with Crippen molar-refractivity contribution in [3.63, 3.8) is 0 Å². The topological polar surface area (TPSA) is 54.5 Å². The van der Waals surface area contributed by atoms with Crippen molar-refractivity contribution >= 4 is 46.0 Å². The zero-order valence-corrected chi connectivity index (χ0v) is 15.2. The van der Waals surface area contributed by atoms with E-state index in [4.69, 9.17) is 34.8 Å². The molecule has 0 saturated carbocycles. The minimum absolute atomic E-state index is 0.0936. The molecule has 2 heterocycles. The normalized spacial score (nSPS) is 13.0. The van der Waals surface area contributed by atoms with Crippen LogP contribution in [0.15, 0.2) is 24.4 Å². The van der Waals surface area contributed by atoms with Gasteiger partial charge in [-0.3, -0.25) is 0 Å². The van der Waals surface area contributed by atoms with Crippen LogP contribution in [0.2, 0.25) is 15.2 Å². The molecule has 1 atom stereocenters. The van der Waals surface area contributed by atoms with Crippen LogP contribution in [0.25, 0.3) is 11.2 Å². The van der Waals surface area contributed by atoms with Gasteiger partial charge in [0.15, 0.2) is 5.65 Å². The number of fused-ring (bicyclic) bond motifs is 1. The van der Waals surface area contributed by atoms with Crippen molar-refractivity contribution < 1.29 is 13.2 Å². The molecule has 10 heteroatoms. The monoisotopic (exact) mass is 418 g/mol. The van der Waals surface area contributed by atoms with Crippen molar-refractivity contribution in [3.8, 4) is 6.07 Å². The largest absolute Gasteiger partial charge is 0.421 e. The lowest BCUT2D eigenvalue weighted by atomic mass is 10.1. The molecule has 4 nitrogen and oxygen atoms in total. The Balaban J connectivity index is 2.38. The predicted octanol–water partition coefficient (Wildman–Crippen LogP) is 5.89.